The lowest BCUT2D eigenvalue weighted by atomic mass is 9.99. The molecule has 0 aliphatic heterocycles. The summed E-state index contributed by atoms with van der Waals surface area (Å²) in [4.78, 5) is 23.0. The van der Waals surface area contributed by atoms with E-state index in [-0.39, 0.29) is 6.42 Å². The molecule has 5 heteroatoms. The number of carbonyl (C=O) groups excluding carboxylic acids is 2. The summed E-state index contributed by atoms with van der Waals surface area (Å²) in [5.74, 6) is -2.27. The number of hydrogen-bond acceptors (Lipinski definition) is 4. The van der Waals surface area contributed by atoms with E-state index in [9.17, 15) is 9.59 Å². The Bertz CT molecular complexity index is 389. The highest BCUT2D eigenvalue weighted by Crippen LogP contribution is 2.28. The first-order valence-corrected chi connectivity index (χ1v) is 5.88. The van der Waals surface area contributed by atoms with Crippen molar-refractivity contribution in [3.8, 4) is 0 Å². The minimum absolute atomic E-state index is 0.144. The van der Waals surface area contributed by atoms with E-state index in [0.717, 1.165) is 5.56 Å². The number of rotatable bonds is 5. The predicted octanol–water partition coefficient (Wildman–Crippen LogP) is 2.32. The van der Waals surface area contributed by atoms with Crippen molar-refractivity contribution in [1.29, 1.82) is 0 Å². The summed E-state index contributed by atoms with van der Waals surface area (Å²) in [6.07, 6.45) is 0.144. The van der Waals surface area contributed by atoms with Crippen LogP contribution < -0.4 is 0 Å². The molecule has 0 amide bonds. The minimum atomic E-state index is -0.997. The van der Waals surface area contributed by atoms with Gasteiger partial charge in [0, 0.05) is 0 Å². The second-order valence-corrected chi connectivity index (χ2v) is 4.24. The first kappa shape index (κ1) is 14.5. The van der Waals surface area contributed by atoms with Crippen LogP contribution >= 0.6 is 11.6 Å². The van der Waals surface area contributed by atoms with Crippen LogP contribution in [0.5, 0.6) is 0 Å². The fourth-order valence-electron chi connectivity index (χ4n) is 1.58. The molecule has 18 heavy (non-hydrogen) atoms. The minimum Gasteiger partial charge on any atom is -0.468 e. The molecule has 0 aromatic heterocycles. The normalized spacial score (nSPS) is 12.0. The summed E-state index contributed by atoms with van der Waals surface area (Å²) in [6.45, 7) is 0. The molecule has 1 aromatic carbocycles. The maximum absolute atomic E-state index is 11.5. The molecule has 4 nitrogen and oxygen atoms in total. The first-order chi connectivity index (χ1) is 8.60. The largest absolute Gasteiger partial charge is 0.468 e. The van der Waals surface area contributed by atoms with Crippen molar-refractivity contribution in [1.82, 2.24) is 0 Å². The monoisotopic (exact) mass is 270 g/mol. The number of methoxy groups -OCH3 is 2. The van der Waals surface area contributed by atoms with Crippen LogP contribution in [0.15, 0.2) is 30.3 Å². The van der Waals surface area contributed by atoms with E-state index in [2.05, 4.69) is 9.47 Å². The molecular weight excluding hydrogens is 256 g/mol. The van der Waals surface area contributed by atoms with Crippen LogP contribution in [0.25, 0.3) is 0 Å². The number of ether oxygens (including phenoxy) is 2. The number of alkyl halides is 1. The highest BCUT2D eigenvalue weighted by molar-refractivity contribution is 6.21. The van der Waals surface area contributed by atoms with Crippen molar-refractivity contribution in [2.75, 3.05) is 14.2 Å². The van der Waals surface area contributed by atoms with E-state index in [1.54, 1.807) is 0 Å². The van der Waals surface area contributed by atoms with Crippen molar-refractivity contribution in [2.24, 2.45) is 5.92 Å². The number of halogens is 1. The third-order valence-corrected chi connectivity index (χ3v) is 3.01. The van der Waals surface area contributed by atoms with E-state index < -0.39 is 23.2 Å². The number of hydrogen-bond donors (Lipinski definition) is 0. The fourth-order valence-corrected chi connectivity index (χ4v) is 1.90. The Morgan fingerprint density at radius 3 is 2.06 bits per heavy atom. The lowest BCUT2D eigenvalue weighted by molar-refractivity contribution is -0.159. The van der Waals surface area contributed by atoms with Gasteiger partial charge < -0.3 is 9.47 Å². The molecule has 98 valence electrons. The molecule has 0 spiro atoms. The zero-order chi connectivity index (χ0) is 13.5. The molecule has 0 aliphatic carbocycles. The van der Waals surface area contributed by atoms with Gasteiger partial charge in [0.2, 0.25) is 0 Å². The molecule has 0 saturated heterocycles. The number of carbonyl (C=O) groups is 2. The second kappa shape index (κ2) is 7.01. The quantitative estimate of drug-likeness (QED) is 0.468. The standard InChI is InChI=1S/C13H15ClO4/c1-17-12(15)10(13(16)18-2)8-11(14)9-6-4-3-5-7-9/h3-7,10-11H,8H2,1-2H3. The highest BCUT2D eigenvalue weighted by Gasteiger charge is 2.31. The van der Waals surface area contributed by atoms with Crippen LogP contribution in [-0.4, -0.2) is 26.2 Å². The van der Waals surface area contributed by atoms with Gasteiger partial charge in [-0.15, -0.1) is 11.6 Å². The lowest BCUT2D eigenvalue weighted by Crippen LogP contribution is -2.27. The molecule has 0 saturated carbocycles. The van der Waals surface area contributed by atoms with Crippen molar-refractivity contribution in [3.63, 3.8) is 0 Å². The Morgan fingerprint density at radius 1 is 1.11 bits per heavy atom. The van der Waals surface area contributed by atoms with Gasteiger partial charge in [-0.3, -0.25) is 9.59 Å². The lowest BCUT2D eigenvalue weighted by Gasteiger charge is -2.16. The molecule has 0 radical (unpaired) electrons. The van der Waals surface area contributed by atoms with E-state index >= 15 is 0 Å². The van der Waals surface area contributed by atoms with E-state index in [1.165, 1.54) is 14.2 Å². The molecule has 0 aliphatic rings. The van der Waals surface area contributed by atoms with Crippen LogP contribution in [0.3, 0.4) is 0 Å². The van der Waals surface area contributed by atoms with Crippen LogP contribution in [0.4, 0.5) is 0 Å². The van der Waals surface area contributed by atoms with Crippen LogP contribution in [0.1, 0.15) is 17.4 Å². The number of esters is 2. The Kier molecular flexibility index (Phi) is 5.65. The van der Waals surface area contributed by atoms with Gasteiger partial charge in [0.1, 0.15) is 0 Å². The third-order valence-electron chi connectivity index (χ3n) is 2.58. The van der Waals surface area contributed by atoms with Crippen molar-refractivity contribution in [3.05, 3.63) is 35.9 Å². The zero-order valence-corrected chi connectivity index (χ0v) is 11.0. The molecule has 0 bridgehead atoms. The Morgan fingerprint density at radius 2 is 1.61 bits per heavy atom. The average Bonchev–Trinajstić information content (AvgIpc) is 2.43. The maximum atomic E-state index is 11.5. The Labute approximate surface area is 111 Å². The van der Waals surface area contributed by atoms with Gasteiger partial charge in [0.05, 0.1) is 19.6 Å². The molecular formula is C13H15ClO4. The van der Waals surface area contributed by atoms with E-state index in [1.807, 2.05) is 30.3 Å². The maximum Gasteiger partial charge on any atom is 0.320 e. The first-order valence-electron chi connectivity index (χ1n) is 5.44. The van der Waals surface area contributed by atoms with Gasteiger partial charge in [-0.2, -0.15) is 0 Å². The average molecular weight is 271 g/mol. The van der Waals surface area contributed by atoms with Gasteiger partial charge in [0.15, 0.2) is 5.92 Å². The van der Waals surface area contributed by atoms with Crippen LogP contribution in [-0.2, 0) is 19.1 Å². The summed E-state index contributed by atoms with van der Waals surface area (Å²) in [6, 6.07) is 9.23. The van der Waals surface area contributed by atoms with Crippen molar-refractivity contribution in [2.45, 2.75) is 11.8 Å². The molecule has 1 atom stereocenters. The van der Waals surface area contributed by atoms with Crippen LogP contribution in [0, 0.1) is 5.92 Å². The predicted molar refractivity (Wildman–Crippen MR) is 67.2 cm³/mol. The fraction of sp³-hybridized carbons (Fsp3) is 0.385. The molecule has 1 rings (SSSR count). The Balaban J connectivity index is 2.78. The van der Waals surface area contributed by atoms with Crippen LogP contribution in [0.2, 0.25) is 0 Å². The Hall–Kier alpha value is -1.55. The van der Waals surface area contributed by atoms with Gasteiger partial charge in [-0.05, 0) is 12.0 Å². The SMILES string of the molecule is COC(=O)C(CC(Cl)c1ccccc1)C(=O)OC. The summed E-state index contributed by atoms with van der Waals surface area (Å²) in [7, 11) is 2.45. The second-order valence-electron chi connectivity index (χ2n) is 3.71. The van der Waals surface area contributed by atoms with E-state index in [4.69, 9.17) is 11.6 Å². The zero-order valence-electron chi connectivity index (χ0n) is 10.3. The molecule has 1 unspecified atom stereocenters. The molecule has 0 fully saturated rings. The number of benzene rings is 1. The summed E-state index contributed by atoms with van der Waals surface area (Å²) in [5.41, 5.74) is 0.844. The molecule has 0 N–H and O–H groups in total. The third kappa shape index (κ3) is 3.74. The van der Waals surface area contributed by atoms with Crippen molar-refractivity contribution >= 4 is 23.5 Å². The van der Waals surface area contributed by atoms with Gasteiger partial charge in [-0.1, -0.05) is 30.3 Å². The smallest absolute Gasteiger partial charge is 0.320 e. The van der Waals surface area contributed by atoms with Crippen molar-refractivity contribution < 1.29 is 19.1 Å². The van der Waals surface area contributed by atoms with Gasteiger partial charge in [-0.25, -0.2) is 0 Å². The van der Waals surface area contributed by atoms with E-state index in [0.29, 0.717) is 0 Å². The van der Waals surface area contributed by atoms with Gasteiger partial charge >= 0.3 is 11.9 Å². The molecule has 0 heterocycles. The summed E-state index contributed by atoms with van der Waals surface area (Å²) < 4.78 is 9.15. The van der Waals surface area contributed by atoms with Gasteiger partial charge in [0.25, 0.3) is 0 Å². The highest BCUT2D eigenvalue weighted by atomic mass is 35.5. The summed E-state index contributed by atoms with van der Waals surface area (Å²) in [5, 5.41) is -0.450. The molecule has 1 aromatic rings. The topological polar surface area (TPSA) is 52.6 Å². The summed E-state index contributed by atoms with van der Waals surface area (Å²) >= 11 is 6.19.